The van der Waals surface area contributed by atoms with E-state index in [-0.39, 0.29) is 19.8 Å². The van der Waals surface area contributed by atoms with Crippen molar-refractivity contribution < 1.29 is 14.2 Å². The van der Waals surface area contributed by atoms with Gasteiger partial charge in [0.15, 0.2) is 0 Å². The molecule has 3 N–H and O–H groups in total. The smallest absolute Gasteiger partial charge is 0.146 e. The van der Waals surface area contributed by atoms with E-state index in [1.54, 1.807) is 0 Å². The van der Waals surface area contributed by atoms with Crippen molar-refractivity contribution in [1.29, 1.82) is 0 Å². The molecule has 0 fully saturated rings. The van der Waals surface area contributed by atoms with Gasteiger partial charge in [0, 0.05) is 13.2 Å². The highest BCUT2D eigenvalue weighted by molar-refractivity contribution is 5.34. The molecule has 0 amide bonds. The molecule has 0 aromatic heterocycles. The normalized spacial score (nSPS) is 12.5. The van der Waals surface area contributed by atoms with Gasteiger partial charge in [0.25, 0.3) is 0 Å². The van der Waals surface area contributed by atoms with Crippen molar-refractivity contribution in [2.24, 2.45) is 5.73 Å². The molecule has 1 aromatic carbocycles. The lowest BCUT2D eigenvalue weighted by Gasteiger charge is -2.10. The molecule has 1 atom stereocenters. The Morgan fingerprint density at radius 3 is 2.81 bits per heavy atom. The second-order valence-corrected chi connectivity index (χ2v) is 3.77. The number of aliphatic hydroxyl groups is 1. The summed E-state index contributed by atoms with van der Waals surface area (Å²) in [5.41, 5.74) is 7.17. The predicted octanol–water partition coefficient (Wildman–Crippen LogP) is 1.21. The molecular formula is C12H18FNO2. The highest BCUT2D eigenvalue weighted by Crippen LogP contribution is 2.17. The van der Waals surface area contributed by atoms with Gasteiger partial charge in [0.05, 0.1) is 0 Å². The standard InChI is InChI=1S/C12H18FNO2/c1-9-4-10(2-3-15)6-12(5-9)16-8-11(13)7-14/h4-6,11,15H,2-3,7-8,14H2,1H3/t11-/m1/s1. The third kappa shape index (κ3) is 4.16. The van der Waals surface area contributed by atoms with Crippen molar-refractivity contribution in [3.05, 3.63) is 29.3 Å². The Morgan fingerprint density at radius 1 is 1.44 bits per heavy atom. The molecule has 0 bridgehead atoms. The number of nitrogens with two attached hydrogens (primary N) is 1. The van der Waals surface area contributed by atoms with Crippen LogP contribution >= 0.6 is 0 Å². The summed E-state index contributed by atoms with van der Waals surface area (Å²) in [5.74, 6) is 0.625. The summed E-state index contributed by atoms with van der Waals surface area (Å²) >= 11 is 0. The molecule has 0 unspecified atom stereocenters. The number of ether oxygens (including phenoxy) is 1. The Bertz CT molecular complexity index is 331. The molecule has 0 heterocycles. The lowest BCUT2D eigenvalue weighted by molar-refractivity contribution is 0.201. The van der Waals surface area contributed by atoms with Gasteiger partial charge < -0.3 is 15.6 Å². The molecule has 16 heavy (non-hydrogen) atoms. The van der Waals surface area contributed by atoms with Crippen molar-refractivity contribution in [1.82, 2.24) is 0 Å². The first kappa shape index (κ1) is 12.9. The van der Waals surface area contributed by atoms with Crippen molar-refractivity contribution in [2.75, 3.05) is 19.8 Å². The largest absolute Gasteiger partial charge is 0.490 e. The van der Waals surface area contributed by atoms with Gasteiger partial charge in [0.2, 0.25) is 0 Å². The van der Waals surface area contributed by atoms with Crippen LogP contribution in [0.1, 0.15) is 11.1 Å². The minimum atomic E-state index is -1.14. The summed E-state index contributed by atoms with van der Waals surface area (Å²) in [4.78, 5) is 0. The van der Waals surface area contributed by atoms with E-state index in [1.807, 2.05) is 25.1 Å². The number of benzene rings is 1. The SMILES string of the molecule is Cc1cc(CCO)cc(OC[C@H](F)CN)c1. The highest BCUT2D eigenvalue weighted by Gasteiger charge is 2.05. The van der Waals surface area contributed by atoms with Crippen LogP contribution in [0.4, 0.5) is 4.39 Å². The van der Waals surface area contributed by atoms with Crippen LogP contribution in [0.2, 0.25) is 0 Å². The maximum absolute atomic E-state index is 12.9. The Hall–Kier alpha value is -1.13. The van der Waals surface area contributed by atoms with Crippen LogP contribution in [0, 0.1) is 6.92 Å². The molecule has 90 valence electrons. The monoisotopic (exact) mass is 227 g/mol. The van der Waals surface area contributed by atoms with Crippen LogP contribution in [0.3, 0.4) is 0 Å². The summed E-state index contributed by atoms with van der Waals surface area (Å²) in [6.07, 6.45) is -0.560. The van der Waals surface area contributed by atoms with Gasteiger partial charge in [-0.05, 0) is 36.6 Å². The fourth-order valence-electron chi connectivity index (χ4n) is 1.44. The average Bonchev–Trinajstić information content (AvgIpc) is 2.25. The van der Waals surface area contributed by atoms with E-state index >= 15 is 0 Å². The van der Waals surface area contributed by atoms with E-state index in [9.17, 15) is 4.39 Å². The van der Waals surface area contributed by atoms with Crippen LogP contribution in [-0.4, -0.2) is 31.0 Å². The number of alkyl halides is 1. The van der Waals surface area contributed by atoms with Crippen LogP contribution in [0.15, 0.2) is 18.2 Å². The number of aryl methyl sites for hydroxylation is 1. The summed E-state index contributed by atoms with van der Waals surface area (Å²) in [6.45, 7) is 1.97. The maximum Gasteiger partial charge on any atom is 0.146 e. The third-order valence-electron chi connectivity index (χ3n) is 2.20. The molecule has 0 aliphatic rings. The summed E-state index contributed by atoms with van der Waals surface area (Å²) in [6, 6.07) is 5.62. The van der Waals surface area contributed by atoms with Crippen LogP contribution in [-0.2, 0) is 6.42 Å². The van der Waals surface area contributed by atoms with Gasteiger partial charge in [-0.25, -0.2) is 4.39 Å². The number of hydrogen-bond acceptors (Lipinski definition) is 3. The number of rotatable bonds is 6. The minimum Gasteiger partial charge on any atom is -0.490 e. The second kappa shape index (κ2) is 6.45. The van der Waals surface area contributed by atoms with Gasteiger partial charge in [-0.1, -0.05) is 6.07 Å². The van der Waals surface area contributed by atoms with Crippen molar-refractivity contribution in [2.45, 2.75) is 19.5 Å². The maximum atomic E-state index is 12.9. The Kier molecular flexibility index (Phi) is 5.22. The first-order chi connectivity index (χ1) is 7.65. The van der Waals surface area contributed by atoms with Gasteiger partial charge in [-0.15, -0.1) is 0 Å². The van der Waals surface area contributed by atoms with E-state index in [2.05, 4.69) is 0 Å². The fraction of sp³-hybridized carbons (Fsp3) is 0.500. The zero-order valence-corrected chi connectivity index (χ0v) is 9.45. The van der Waals surface area contributed by atoms with Gasteiger partial charge in [-0.2, -0.15) is 0 Å². The lowest BCUT2D eigenvalue weighted by Crippen LogP contribution is -2.22. The molecule has 0 aliphatic carbocycles. The molecule has 0 radical (unpaired) electrons. The summed E-state index contributed by atoms with van der Waals surface area (Å²) < 4.78 is 18.2. The van der Waals surface area contributed by atoms with Crippen molar-refractivity contribution in [3.63, 3.8) is 0 Å². The quantitative estimate of drug-likeness (QED) is 0.768. The summed E-state index contributed by atoms with van der Waals surface area (Å²) in [5, 5.41) is 8.84. The zero-order chi connectivity index (χ0) is 12.0. The van der Waals surface area contributed by atoms with E-state index in [0.717, 1.165) is 11.1 Å². The van der Waals surface area contributed by atoms with Gasteiger partial charge in [0.1, 0.15) is 18.5 Å². The Morgan fingerprint density at radius 2 is 2.19 bits per heavy atom. The third-order valence-corrected chi connectivity index (χ3v) is 2.20. The predicted molar refractivity (Wildman–Crippen MR) is 61.4 cm³/mol. The Balaban J connectivity index is 2.64. The fourth-order valence-corrected chi connectivity index (χ4v) is 1.44. The van der Waals surface area contributed by atoms with Gasteiger partial charge in [-0.3, -0.25) is 0 Å². The topological polar surface area (TPSA) is 55.5 Å². The molecule has 1 aromatic rings. The van der Waals surface area contributed by atoms with Crippen LogP contribution < -0.4 is 10.5 Å². The van der Waals surface area contributed by atoms with E-state index in [4.69, 9.17) is 15.6 Å². The lowest BCUT2D eigenvalue weighted by atomic mass is 10.1. The van der Waals surface area contributed by atoms with E-state index in [1.165, 1.54) is 0 Å². The van der Waals surface area contributed by atoms with Crippen LogP contribution in [0.25, 0.3) is 0 Å². The minimum absolute atomic E-state index is 0.0292. The molecule has 0 spiro atoms. The second-order valence-electron chi connectivity index (χ2n) is 3.77. The molecule has 0 aliphatic heterocycles. The first-order valence-electron chi connectivity index (χ1n) is 5.34. The average molecular weight is 227 g/mol. The zero-order valence-electron chi connectivity index (χ0n) is 9.45. The molecule has 3 nitrogen and oxygen atoms in total. The molecule has 0 saturated heterocycles. The molecular weight excluding hydrogens is 209 g/mol. The van der Waals surface area contributed by atoms with Crippen LogP contribution in [0.5, 0.6) is 5.75 Å². The van der Waals surface area contributed by atoms with Crippen molar-refractivity contribution in [3.8, 4) is 5.75 Å². The number of halogens is 1. The highest BCUT2D eigenvalue weighted by atomic mass is 19.1. The van der Waals surface area contributed by atoms with E-state index in [0.29, 0.717) is 12.2 Å². The number of aliphatic hydroxyl groups excluding tert-OH is 1. The molecule has 4 heteroatoms. The Labute approximate surface area is 95.0 Å². The molecule has 0 saturated carbocycles. The summed E-state index contributed by atoms with van der Waals surface area (Å²) in [7, 11) is 0. The molecule has 1 rings (SSSR count). The van der Waals surface area contributed by atoms with Crippen molar-refractivity contribution >= 4 is 0 Å². The van der Waals surface area contributed by atoms with E-state index < -0.39 is 6.17 Å². The number of hydrogen-bond donors (Lipinski definition) is 2. The van der Waals surface area contributed by atoms with Gasteiger partial charge >= 0.3 is 0 Å². The first-order valence-corrected chi connectivity index (χ1v) is 5.34.